The molecule has 0 spiro atoms. The molecule has 0 aliphatic carbocycles. The summed E-state index contributed by atoms with van der Waals surface area (Å²) in [6, 6.07) is -2.58. The minimum Gasteiger partial charge on any atom is -0.481 e. The first-order chi connectivity index (χ1) is 39.9. The third kappa shape index (κ3) is 26.4. The normalized spacial score (nSPS) is 16.4. The number of carbonyl (C=O) groups is 12. The first-order valence-electron chi connectivity index (χ1n) is 27.0. The lowest BCUT2D eigenvalue weighted by molar-refractivity contribution is -0.145. The molecule has 2 heterocycles. The Morgan fingerprint density at radius 1 is 0.571 bits per heavy atom. The molecule has 1 aromatic heterocycles. The number of aromatic nitrogens is 2. The molecule has 2 unspecified atom stereocenters. The second kappa shape index (κ2) is 37.1. The SMILES string of the molecule is C[C@H](NC(=O)[C@H](CC(=O)O)NC(=O)CCCN)C(=O)N[C@@H](Cc1c[nH]cn1)C(=O)N[C@@H](CO)C(=O)N[C@@H](Cc1ccccc1)C(=O)NC(CO)C(=O)NCCCC(C(=O)O)N1CCN(CC(=O)O)CCN(CC(=O)O)CCN(CC(=O)O)CC1. The Morgan fingerprint density at radius 2 is 1.05 bits per heavy atom. The molecular formula is C51H78N14O19. The zero-order chi connectivity index (χ0) is 62.3. The van der Waals surface area contributed by atoms with E-state index in [4.69, 9.17) is 5.73 Å². The van der Waals surface area contributed by atoms with Crippen molar-refractivity contribution in [3.63, 3.8) is 0 Å². The molecule has 7 atom stereocenters. The van der Waals surface area contributed by atoms with Crippen LogP contribution in [0.5, 0.6) is 0 Å². The largest absolute Gasteiger partial charge is 0.481 e. The Kier molecular flexibility index (Phi) is 30.9. The van der Waals surface area contributed by atoms with Gasteiger partial charge in [-0.1, -0.05) is 30.3 Å². The standard InChI is InChI=1S/C51H78N14O19/c1-31(56-47(79)36(23-41(69)70)57-40(68)10-5-11-52)45(77)58-35(22-33-24-53-30-55-33)49(81)61-38(29-67)50(82)59-34(21-32-7-3-2-4-8-32)48(80)60-37(28-66)46(78)54-12-6-9-39(51(83)84)65-19-17-63(26-43(73)74)15-13-62(25-42(71)72)14-16-64(18-20-65)27-44(75)76/h2-4,7-8,24,30-31,34-39,66-67H,5-6,9-23,25-29,52H2,1H3,(H,53,55)(H,54,78)(H,56,79)(H,57,68)(H,58,77)(H,59,82)(H,60,80)(H,61,81)(H,69,70)(H,71,72)(H,73,74)(H,75,76)(H,83,84)/t31-,34-,35-,36-,37?,38-,39?/m0/s1. The van der Waals surface area contributed by atoms with Gasteiger partial charge in [-0.25, -0.2) is 4.98 Å². The Morgan fingerprint density at radius 3 is 1.52 bits per heavy atom. The summed E-state index contributed by atoms with van der Waals surface area (Å²) in [6.45, 7) is -1.50. The molecule has 17 N–H and O–H groups in total. The fraction of sp³-hybridized carbons (Fsp3) is 0.588. The highest BCUT2D eigenvalue weighted by Crippen LogP contribution is 2.12. The summed E-state index contributed by atoms with van der Waals surface area (Å²) in [7, 11) is 0. The van der Waals surface area contributed by atoms with E-state index < -0.39 is 146 Å². The van der Waals surface area contributed by atoms with Crippen molar-refractivity contribution >= 4 is 71.2 Å². The molecule has 1 fully saturated rings. The maximum atomic E-state index is 14.0. The summed E-state index contributed by atoms with van der Waals surface area (Å²) < 4.78 is 0. The highest BCUT2D eigenvalue weighted by atomic mass is 16.4. The minimum absolute atomic E-state index is 0.00899. The molecule has 2 aromatic rings. The van der Waals surface area contributed by atoms with Gasteiger partial charge in [0.25, 0.3) is 0 Å². The molecule has 84 heavy (non-hydrogen) atoms. The van der Waals surface area contributed by atoms with Crippen LogP contribution in [0.15, 0.2) is 42.9 Å². The number of nitrogens with zero attached hydrogens (tertiary/aromatic N) is 5. The zero-order valence-electron chi connectivity index (χ0n) is 46.5. The molecule has 1 aromatic carbocycles. The predicted molar refractivity (Wildman–Crippen MR) is 292 cm³/mol. The molecule has 1 aliphatic rings. The van der Waals surface area contributed by atoms with Gasteiger partial charge < -0.3 is 83.7 Å². The number of carbonyl (C=O) groups excluding carboxylic acids is 7. The fourth-order valence-corrected chi connectivity index (χ4v) is 8.68. The summed E-state index contributed by atoms with van der Waals surface area (Å²) in [6.07, 6.45) is 1.37. The van der Waals surface area contributed by atoms with Gasteiger partial charge in [0.1, 0.15) is 42.3 Å². The zero-order valence-corrected chi connectivity index (χ0v) is 46.5. The lowest BCUT2D eigenvalue weighted by Gasteiger charge is -2.35. The van der Waals surface area contributed by atoms with E-state index >= 15 is 0 Å². The van der Waals surface area contributed by atoms with Crippen molar-refractivity contribution in [1.82, 2.24) is 66.8 Å². The number of aliphatic hydroxyl groups excluding tert-OH is 2. The van der Waals surface area contributed by atoms with Crippen LogP contribution in [0.2, 0.25) is 0 Å². The molecule has 0 radical (unpaired) electrons. The van der Waals surface area contributed by atoms with Crippen molar-refractivity contribution in [2.75, 3.05) is 98.3 Å². The maximum Gasteiger partial charge on any atom is 0.320 e. The second-order valence-corrected chi connectivity index (χ2v) is 19.7. The number of nitrogens with two attached hydrogens (primary N) is 1. The van der Waals surface area contributed by atoms with E-state index in [1.54, 1.807) is 40.1 Å². The summed E-state index contributed by atoms with van der Waals surface area (Å²) in [5.41, 5.74) is 6.16. The highest BCUT2D eigenvalue weighted by molar-refractivity contribution is 5.97. The van der Waals surface area contributed by atoms with Gasteiger partial charge in [-0.05, 0) is 38.3 Å². The average Bonchev–Trinajstić information content (AvgIpc) is 4.12. The van der Waals surface area contributed by atoms with Gasteiger partial charge >= 0.3 is 29.8 Å². The van der Waals surface area contributed by atoms with Crippen LogP contribution in [0.25, 0.3) is 0 Å². The number of imidazole rings is 1. The Bertz CT molecular complexity index is 2480. The number of H-pyrrole nitrogens is 1. The van der Waals surface area contributed by atoms with Gasteiger partial charge in [-0.15, -0.1) is 0 Å². The number of hydrogen-bond donors (Lipinski definition) is 16. The van der Waals surface area contributed by atoms with Gasteiger partial charge in [0.15, 0.2) is 0 Å². The smallest absolute Gasteiger partial charge is 0.320 e. The molecular weight excluding hydrogens is 1110 g/mol. The summed E-state index contributed by atoms with van der Waals surface area (Å²) >= 11 is 0. The van der Waals surface area contributed by atoms with E-state index in [0.29, 0.717) is 5.56 Å². The van der Waals surface area contributed by atoms with Gasteiger partial charge in [0.2, 0.25) is 41.4 Å². The number of nitrogens with one attached hydrogen (secondary N) is 8. The number of aliphatic hydroxyl groups is 2. The van der Waals surface area contributed by atoms with E-state index in [9.17, 15) is 93.3 Å². The second-order valence-electron chi connectivity index (χ2n) is 19.7. The van der Waals surface area contributed by atoms with Crippen molar-refractivity contribution in [3.05, 3.63) is 54.1 Å². The number of amides is 7. The van der Waals surface area contributed by atoms with Crippen molar-refractivity contribution in [2.24, 2.45) is 5.73 Å². The van der Waals surface area contributed by atoms with E-state index in [0.717, 1.165) is 0 Å². The number of hydrogen-bond acceptors (Lipinski definition) is 20. The van der Waals surface area contributed by atoms with E-state index in [1.165, 1.54) is 29.2 Å². The Balaban J connectivity index is 1.73. The molecule has 33 heteroatoms. The molecule has 1 saturated heterocycles. The van der Waals surface area contributed by atoms with Crippen LogP contribution in [0.4, 0.5) is 0 Å². The first kappa shape index (κ1) is 70.1. The van der Waals surface area contributed by atoms with E-state index in [-0.39, 0.29) is 116 Å². The molecule has 33 nitrogen and oxygen atoms in total. The quantitative estimate of drug-likeness (QED) is 0.0285. The van der Waals surface area contributed by atoms with Gasteiger partial charge in [0, 0.05) is 84.4 Å². The number of aliphatic carboxylic acids is 5. The average molecular weight is 1190 g/mol. The minimum atomic E-state index is -1.80. The van der Waals surface area contributed by atoms with Crippen LogP contribution in [-0.2, 0) is 70.4 Å². The third-order valence-corrected chi connectivity index (χ3v) is 13.2. The van der Waals surface area contributed by atoms with E-state index in [1.807, 2.05) is 0 Å². The third-order valence-electron chi connectivity index (χ3n) is 13.2. The van der Waals surface area contributed by atoms with Crippen molar-refractivity contribution in [2.45, 2.75) is 94.2 Å². The molecule has 0 saturated carbocycles. The fourth-order valence-electron chi connectivity index (χ4n) is 8.68. The van der Waals surface area contributed by atoms with Crippen molar-refractivity contribution in [1.29, 1.82) is 0 Å². The van der Waals surface area contributed by atoms with Crippen LogP contribution in [0, 0.1) is 0 Å². The molecule has 466 valence electrons. The lowest BCUT2D eigenvalue weighted by atomic mass is 10.0. The van der Waals surface area contributed by atoms with Crippen LogP contribution >= 0.6 is 0 Å². The summed E-state index contributed by atoms with van der Waals surface area (Å²) in [5.74, 6) is -12.9. The summed E-state index contributed by atoms with van der Waals surface area (Å²) in [5, 5.41) is 85.8. The van der Waals surface area contributed by atoms with Crippen LogP contribution < -0.4 is 43.0 Å². The number of benzene rings is 1. The van der Waals surface area contributed by atoms with Crippen LogP contribution in [0.1, 0.15) is 50.3 Å². The highest BCUT2D eigenvalue weighted by Gasteiger charge is 2.34. The monoisotopic (exact) mass is 1190 g/mol. The topological polar surface area (TPSA) is 498 Å². The molecule has 0 bridgehead atoms. The number of rotatable bonds is 35. The molecule has 1 aliphatic heterocycles. The van der Waals surface area contributed by atoms with Crippen LogP contribution in [-0.4, -0.2) is 277 Å². The Labute approximate surface area is 482 Å². The van der Waals surface area contributed by atoms with Crippen molar-refractivity contribution < 1.29 is 93.3 Å². The number of carboxylic acids is 5. The number of carboxylic acid groups (broad SMARTS) is 5. The van der Waals surface area contributed by atoms with Gasteiger partial charge in [-0.2, -0.15) is 0 Å². The summed E-state index contributed by atoms with van der Waals surface area (Å²) in [4.78, 5) is 166. The van der Waals surface area contributed by atoms with E-state index in [2.05, 4.69) is 47.2 Å². The predicted octanol–water partition coefficient (Wildman–Crippen LogP) is -6.85. The van der Waals surface area contributed by atoms with Crippen molar-refractivity contribution in [3.8, 4) is 0 Å². The van der Waals surface area contributed by atoms with Crippen LogP contribution in [0.3, 0.4) is 0 Å². The van der Waals surface area contributed by atoms with Gasteiger partial charge in [0.05, 0.1) is 51.3 Å². The number of aromatic amines is 1. The Hall–Kier alpha value is -8.21. The maximum absolute atomic E-state index is 14.0. The first-order valence-corrected chi connectivity index (χ1v) is 27.0. The molecule has 3 rings (SSSR count). The molecule has 7 amide bonds. The lowest BCUT2D eigenvalue weighted by Crippen LogP contribution is -2.61. The van der Waals surface area contributed by atoms with Gasteiger partial charge in [-0.3, -0.25) is 77.1 Å².